The number of rotatable bonds is 5. The van der Waals surface area contributed by atoms with E-state index in [0.29, 0.717) is 38.4 Å². The summed E-state index contributed by atoms with van der Waals surface area (Å²) in [7, 11) is 0. The van der Waals surface area contributed by atoms with Gasteiger partial charge in [0.2, 0.25) is 11.8 Å². The van der Waals surface area contributed by atoms with Crippen LogP contribution in [0.2, 0.25) is 0 Å². The molecule has 3 saturated heterocycles. The molecule has 174 valence electrons. The number of carbonyl (C=O) groups is 3. The molecule has 3 unspecified atom stereocenters. The first-order chi connectivity index (χ1) is 15.4. The minimum absolute atomic E-state index is 0.0239. The molecule has 3 atom stereocenters. The second kappa shape index (κ2) is 9.81. The third-order valence-corrected chi connectivity index (χ3v) is 6.54. The van der Waals surface area contributed by atoms with Gasteiger partial charge in [0.1, 0.15) is 11.6 Å². The summed E-state index contributed by atoms with van der Waals surface area (Å²) in [4.78, 5) is 41.2. The summed E-state index contributed by atoms with van der Waals surface area (Å²) in [5.41, 5.74) is -0.119. The Kier molecular flexibility index (Phi) is 6.88. The first-order valence-corrected chi connectivity index (χ1v) is 11.2. The zero-order chi connectivity index (χ0) is 22.7. The number of piperidine rings is 1. The van der Waals surface area contributed by atoms with Crippen molar-refractivity contribution in [1.29, 1.82) is 0 Å². The van der Waals surface area contributed by atoms with Crippen molar-refractivity contribution in [3.8, 4) is 0 Å². The van der Waals surface area contributed by atoms with Crippen molar-refractivity contribution >= 4 is 23.5 Å². The number of halogens is 2. The van der Waals surface area contributed by atoms with Gasteiger partial charge in [-0.05, 0) is 44.2 Å². The van der Waals surface area contributed by atoms with Crippen molar-refractivity contribution < 1.29 is 23.2 Å². The van der Waals surface area contributed by atoms with Gasteiger partial charge in [0.15, 0.2) is 0 Å². The van der Waals surface area contributed by atoms with E-state index in [1.165, 1.54) is 6.42 Å². The van der Waals surface area contributed by atoms with Crippen LogP contribution in [0.3, 0.4) is 0 Å². The number of carbonyl (C=O) groups excluding carboxylic acids is 3. The van der Waals surface area contributed by atoms with Gasteiger partial charge in [-0.15, -0.1) is 0 Å². The van der Waals surface area contributed by atoms with Crippen molar-refractivity contribution in [1.82, 2.24) is 20.4 Å². The lowest BCUT2D eigenvalue weighted by Crippen LogP contribution is -2.58. The maximum atomic E-state index is 13.8. The van der Waals surface area contributed by atoms with Crippen molar-refractivity contribution in [2.24, 2.45) is 0 Å². The zero-order valence-corrected chi connectivity index (χ0v) is 17.9. The molecule has 32 heavy (non-hydrogen) atoms. The quantitative estimate of drug-likeness (QED) is 0.639. The van der Waals surface area contributed by atoms with E-state index in [9.17, 15) is 23.2 Å². The molecule has 1 aromatic carbocycles. The summed E-state index contributed by atoms with van der Waals surface area (Å²) in [5.74, 6) is -1.51. The van der Waals surface area contributed by atoms with E-state index in [1.54, 1.807) is 0 Å². The molecule has 3 fully saturated rings. The van der Waals surface area contributed by atoms with Crippen molar-refractivity contribution in [3.05, 3.63) is 29.8 Å². The molecule has 3 aliphatic rings. The van der Waals surface area contributed by atoms with Crippen LogP contribution in [0.4, 0.5) is 19.3 Å². The summed E-state index contributed by atoms with van der Waals surface area (Å²) in [6, 6.07) is 1.67. The standard InChI is InChI=1S/C22H29F2N5O3/c23-14-4-6-18(17(24)10-14)27-22(32)26-15-11-19-21(31)25-12-16(29(19)13-15)5-7-20(30)28-8-2-1-3-9-28/h4,6,10,15-16,19H,1-3,5,7-9,11-13H2,(H,25,31)(H2,26,27,32). The van der Waals surface area contributed by atoms with Crippen LogP contribution in [0.5, 0.6) is 0 Å². The smallest absolute Gasteiger partial charge is 0.319 e. The predicted octanol–water partition coefficient (Wildman–Crippen LogP) is 1.82. The van der Waals surface area contributed by atoms with Gasteiger partial charge in [0, 0.05) is 50.7 Å². The lowest BCUT2D eigenvalue weighted by Gasteiger charge is -2.37. The fourth-order valence-corrected chi connectivity index (χ4v) is 4.87. The van der Waals surface area contributed by atoms with E-state index in [2.05, 4.69) is 20.9 Å². The maximum Gasteiger partial charge on any atom is 0.319 e. The monoisotopic (exact) mass is 449 g/mol. The van der Waals surface area contributed by atoms with Crippen LogP contribution in [0.15, 0.2) is 18.2 Å². The van der Waals surface area contributed by atoms with E-state index in [4.69, 9.17) is 0 Å². The fraction of sp³-hybridized carbons (Fsp3) is 0.591. The summed E-state index contributed by atoms with van der Waals surface area (Å²) >= 11 is 0. The molecule has 4 rings (SSSR count). The number of benzene rings is 1. The number of hydrogen-bond donors (Lipinski definition) is 3. The number of amides is 4. The molecular formula is C22H29F2N5O3. The first kappa shape index (κ1) is 22.4. The Hall–Kier alpha value is -2.75. The number of urea groups is 1. The molecule has 3 N–H and O–H groups in total. The van der Waals surface area contributed by atoms with Gasteiger partial charge in [-0.25, -0.2) is 13.6 Å². The van der Waals surface area contributed by atoms with E-state index < -0.39 is 17.7 Å². The lowest BCUT2D eigenvalue weighted by atomic mass is 10.0. The third-order valence-electron chi connectivity index (χ3n) is 6.54. The minimum atomic E-state index is -0.859. The molecule has 0 saturated carbocycles. The van der Waals surface area contributed by atoms with Crippen LogP contribution in [0.1, 0.15) is 38.5 Å². The van der Waals surface area contributed by atoms with Crippen LogP contribution in [-0.2, 0) is 9.59 Å². The normalized spacial score (nSPS) is 25.8. The summed E-state index contributed by atoms with van der Waals surface area (Å²) in [6.07, 6.45) is 4.79. The van der Waals surface area contributed by atoms with Gasteiger partial charge < -0.3 is 20.9 Å². The molecule has 10 heteroatoms. The van der Waals surface area contributed by atoms with Gasteiger partial charge in [0.05, 0.1) is 11.7 Å². The highest BCUT2D eigenvalue weighted by Gasteiger charge is 2.43. The van der Waals surface area contributed by atoms with Gasteiger partial charge in [-0.3, -0.25) is 14.5 Å². The maximum absolute atomic E-state index is 13.8. The summed E-state index contributed by atoms with van der Waals surface area (Å²) in [5, 5.41) is 8.07. The average Bonchev–Trinajstić information content (AvgIpc) is 3.20. The number of piperazine rings is 1. The molecule has 3 aliphatic heterocycles. The van der Waals surface area contributed by atoms with E-state index in [0.717, 1.165) is 38.1 Å². The highest BCUT2D eigenvalue weighted by atomic mass is 19.1. The van der Waals surface area contributed by atoms with Gasteiger partial charge in [-0.1, -0.05) is 0 Å². The number of hydrogen-bond acceptors (Lipinski definition) is 4. The Morgan fingerprint density at radius 1 is 1.16 bits per heavy atom. The fourth-order valence-electron chi connectivity index (χ4n) is 4.87. The van der Waals surface area contributed by atoms with Gasteiger partial charge in [0.25, 0.3) is 0 Å². The van der Waals surface area contributed by atoms with Crippen LogP contribution in [0.25, 0.3) is 0 Å². The molecule has 8 nitrogen and oxygen atoms in total. The Labute approximate surface area is 185 Å². The van der Waals surface area contributed by atoms with Crippen LogP contribution in [-0.4, -0.2) is 71.9 Å². The third kappa shape index (κ3) is 5.17. The number of likely N-dealkylation sites (tertiary alicyclic amines) is 1. The van der Waals surface area contributed by atoms with E-state index in [1.807, 2.05) is 4.90 Å². The average molecular weight is 450 g/mol. The lowest BCUT2D eigenvalue weighted by molar-refractivity contribution is -0.133. The van der Waals surface area contributed by atoms with Crippen LogP contribution >= 0.6 is 0 Å². The van der Waals surface area contributed by atoms with Crippen LogP contribution in [0, 0.1) is 11.6 Å². The second-order valence-electron chi connectivity index (χ2n) is 8.75. The SMILES string of the molecule is O=C(Nc1ccc(F)cc1F)NC1CC2C(=O)NCC(CCC(=O)N3CCCCC3)N2C1. The summed E-state index contributed by atoms with van der Waals surface area (Å²) in [6.45, 7) is 2.59. The molecule has 1 aromatic rings. The Balaban J connectivity index is 1.31. The molecule has 3 heterocycles. The van der Waals surface area contributed by atoms with Crippen molar-refractivity contribution in [3.63, 3.8) is 0 Å². The second-order valence-corrected chi connectivity index (χ2v) is 8.75. The Morgan fingerprint density at radius 3 is 2.69 bits per heavy atom. The van der Waals surface area contributed by atoms with E-state index >= 15 is 0 Å². The van der Waals surface area contributed by atoms with Crippen molar-refractivity contribution in [2.75, 3.05) is 31.5 Å². The number of nitrogens with zero attached hydrogens (tertiary/aromatic N) is 2. The highest BCUT2D eigenvalue weighted by Crippen LogP contribution is 2.26. The van der Waals surface area contributed by atoms with Crippen molar-refractivity contribution in [2.45, 2.75) is 56.7 Å². The molecule has 0 spiro atoms. The molecule has 0 aromatic heterocycles. The van der Waals surface area contributed by atoms with Gasteiger partial charge >= 0.3 is 6.03 Å². The number of fused-ring (bicyclic) bond motifs is 1. The predicted molar refractivity (Wildman–Crippen MR) is 114 cm³/mol. The van der Waals surface area contributed by atoms with Crippen LogP contribution < -0.4 is 16.0 Å². The molecule has 4 amide bonds. The first-order valence-electron chi connectivity index (χ1n) is 11.2. The Bertz CT molecular complexity index is 877. The zero-order valence-electron chi connectivity index (χ0n) is 17.9. The minimum Gasteiger partial charge on any atom is -0.353 e. The molecule has 0 bridgehead atoms. The number of anilines is 1. The highest BCUT2D eigenvalue weighted by molar-refractivity contribution is 5.90. The molecule has 0 aliphatic carbocycles. The number of nitrogens with one attached hydrogen (secondary N) is 3. The molecular weight excluding hydrogens is 420 g/mol. The topological polar surface area (TPSA) is 93.8 Å². The summed E-state index contributed by atoms with van der Waals surface area (Å²) < 4.78 is 26.8. The largest absolute Gasteiger partial charge is 0.353 e. The van der Waals surface area contributed by atoms with Gasteiger partial charge in [-0.2, -0.15) is 0 Å². The molecule has 0 radical (unpaired) electrons. The van der Waals surface area contributed by atoms with E-state index in [-0.39, 0.29) is 35.6 Å². The Morgan fingerprint density at radius 2 is 1.94 bits per heavy atom.